The summed E-state index contributed by atoms with van der Waals surface area (Å²) in [6.07, 6.45) is 1.47. The van der Waals surface area contributed by atoms with Gasteiger partial charge in [-0.15, -0.1) is 0 Å². The highest BCUT2D eigenvalue weighted by Crippen LogP contribution is 2.02. The number of nitrogens with one attached hydrogen (secondary N) is 2. The van der Waals surface area contributed by atoms with Crippen molar-refractivity contribution < 1.29 is 4.79 Å². The molecule has 0 rings (SSSR count). The summed E-state index contributed by atoms with van der Waals surface area (Å²) in [5.41, 5.74) is 5.19. The molecular weight excluding hydrogens is 154 g/mol. The van der Waals surface area contributed by atoms with E-state index in [1.807, 2.05) is 6.92 Å². The second-order valence-electron chi connectivity index (χ2n) is 3.11. The average molecular weight is 171 g/mol. The standard InChI is InChI=1S/C8H17N3O/c1-6(3-4-8(9)10)5-11-7(2)12/h6H,3-5H2,1-2H3,(H3,9,10)(H,11,12). The van der Waals surface area contributed by atoms with E-state index in [2.05, 4.69) is 5.32 Å². The molecule has 0 aromatic carbocycles. The molecule has 4 heteroatoms. The first-order chi connectivity index (χ1) is 5.52. The smallest absolute Gasteiger partial charge is 0.216 e. The van der Waals surface area contributed by atoms with Crippen LogP contribution in [0.3, 0.4) is 0 Å². The second-order valence-corrected chi connectivity index (χ2v) is 3.11. The number of hydrogen-bond donors (Lipinski definition) is 3. The van der Waals surface area contributed by atoms with Gasteiger partial charge >= 0.3 is 0 Å². The molecule has 12 heavy (non-hydrogen) atoms. The zero-order valence-corrected chi connectivity index (χ0v) is 7.68. The number of rotatable bonds is 5. The first-order valence-corrected chi connectivity index (χ1v) is 4.09. The minimum Gasteiger partial charge on any atom is -0.388 e. The van der Waals surface area contributed by atoms with Crippen LogP contribution < -0.4 is 11.1 Å². The number of hydrogen-bond acceptors (Lipinski definition) is 2. The second kappa shape index (κ2) is 5.57. The van der Waals surface area contributed by atoms with E-state index in [1.165, 1.54) is 6.92 Å². The summed E-state index contributed by atoms with van der Waals surface area (Å²) in [6.45, 7) is 4.19. The normalized spacial score (nSPS) is 12.2. The number of carbonyl (C=O) groups excluding carboxylic acids is 1. The Morgan fingerprint density at radius 1 is 1.67 bits per heavy atom. The molecule has 0 bridgehead atoms. The van der Waals surface area contributed by atoms with E-state index in [0.717, 1.165) is 6.42 Å². The van der Waals surface area contributed by atoms with E-state index < -0.39 is 0 Å². The minimum atomic E-state index is -0.00956. The third-order valence-corrected chi connectivity index (χ3v) is 1.61. The summed E-state index contributed by atoms with van der Waals surface area (Å²) in [5, 5.41) is 9.71. The van der Waals surface area contributed by atoms with Crippen LogP contribution in [0.2, 0.25) is 0 Å². The average Bonchev–Trinajstić information content (AvgIpc) is 1.96. The first kappa shape index (κ1) is 10.9. The van der Waals surface area contributed by atoms with Crippen LogP contribution in [-0.4, -0.2) is 18.3 Å². The van der Waals surface area contributed by atoms with Gasteiger partial charge in [-0.05, 0) is 12.3 Å². The van der Waals surface area contributed by atoms with Crippen LogP contribution in [-0.2, 0) is 4.79 Å². The van der Waals surface area contributed by atoms with Crippen LogP contribution in [0.4, 0.5) is 0 Å². The fraction of sp³-hybridized carbons (Fsp3) is 0.750. The van der Waals surface area contributed by atoms with Crippen LogP contribution in [0.25, 0.3) is 0 Å². The zero-order chi connectivity index (χ0) is 9.56. The van der Waals surface area contributed by atoms with Gasteiger partial charge in [-0.2, -0.15) is 0 Å². The van der Waals surface area contributed by atoms with E-state index in [-0.39, 0.29) is 11.7 Å². The van der Waals surface area contributed by atoms with Crippen molar-refractivity contribution in [3.05, 3.63) is 0 Å². The maximum absolute atomic E-state index is 10.5. The SMILES string of the molecule is CC(=O)NCC(C)CCC(=N)N. The van der Waals surface area contributed by atoms with Crippen LogP contribution in [0.15, 0.2) is 0 Å². The number of amides is 1. The van der Waals surface area contributed by atoms with Gasteiger partial charge in [0, 0.05) is 19.9 Å². The van der Waals surface area contributed by atoms with Crippen molar-refractivity contribution in [2.45, 2.75) is 26.7 Å². The van der Waals surface area contributed by atoms with Crippen molar-refractivity contribution in [1.82, 2.24) is 5.32 Å². The predicted octanol–water partition coefficient (Wildman–Crippen LogP) is 0.475. The molecule has 0 radical (unpaired) electrons. The van der Waals surface area contributed by atoms with E-state index >= 15 is 0 Å². The van der Waals surface area contributed by atoms with E-state index in [4.69, 9.17) is 11.1 Å². The minimum absolute atomic E-state index is 0.00956. The Bertz CT molecular complexity index is 150. The lowest BCUT2D eigenvalue weighted by atomic mass is 10.1. The maximum atomic E-state index is 10.5. The summed E-state index contributed by atoms with van der Waals surface area (Å²) < 4.78 is 0. The monoisotopic (exact) mass is 171 g/mol. The predicted molar refractivity (Wildman–Crippen MR) is 49.0 cm³/mol. The van der Waals surface area contributed by atoms with Gasteiger partial charge in [-0.25, -0.2) is 0 Å². The zero-order valence-electron chi connectivity index (χ0n) is 7.68. The van der Waals surface area contributed by atoms with Gasteiger partial charge in [-0.1, -0.05) is 6.92 Å². The van der Waals surface area contributed by atoms with Gasteiger partial charge in [0.15, 0.2) is 0 Å². The van der Waals surface area contributed by atoms with Crippen molar-refractivity contribution >= 4 is 11.7 Å². The molecule has 0 heterocycles. The highest BCUT2D eigenvalue weighted by Gasteiger charge is 2.02. The summed E-state index contributed by atoms with van der Waals surface area (Å²) in [5.74, 6) is 0.590. The van der Waals surface area contributed by atoms with E-state index in [1.54, 1.807) is 0 Å². The molecular formula is C8H17N3O. The Morgan fingerprint density at radius 2 is 2.25 bits per heavy atom. The molecule has 70 valence electrons. The van der Waals surface area contributed by atoms with Crippen LogP contribution in [0.5, 0.6) is 0 Å². The molecule has 0 fully saturated rings. The largest absolute Gasteiger partial charge is 0.388 e. The molecule has 0 spiro atoms. The third-order valence-electron chi connectivity index (χ3n) is 1.61. The molecule has 0 aromatic rings. The van der Waals surface area contributed by atoms with Gasteiger partial charge in [0.1, 0.15) is 0 Å². The molecule has 1 amide bonds. The Kier molecular flexibility index (Phi) is 5.08. The molecule has 4 nitrogen and oxygen atoms in total. The van der Waals surface area contributed by atoms with Crippen LogP contribution >= 0.6 is 0 Å². The first-order valence-electron chi connectivity index (χ1n) is 4.09. The Balaban J connectivity index is 3.39. The third kappa shape index (κ3) is 7.05. The van der Waals surface area contributed by atoms with Crippen LogP contribution in [0.1, 0.15) is 26.7 Å². The quantitative estimate of drug-likeness (QED) is 0.415. The number of amidine groups is 1. The Labute approximate surface area is 73.0 Å². The Morgan fingerprint density at radius 3 is 2.67 bits per heavy atom. The molecule has 0 saturated carbocycles. The topological polar surface area (TPSA) is 79.0 Å². The molecule has 0 aliphatic rings. The highest BCUT2D eigenvalue weighted by molar-refractivity contribution is 5.76. The molecule has 1 atom stereocenters. The van der Waals surface area contributed by atoms with E-state index in [9.17, 15) is 4.79 Å². The fourth-order valence-corrected chi connectivity index (χ4v) is 0.822. The van der Waals surface area contributed by atoms with Crippen molar-refractivity contribution in [2.24, 2.45) is 11.7 Å². The number of nitrogens with two attached hydrogens (primary N) is 1. The number of carbonyl (C=O) groups is 1. The summed E-state index contributed by atoms with van der Waals surface area (Å²) in [4.78, 5) is 10.5. The lowest BCUT2D eigenvalue weighted by Crippen LogP contribution is -2.26. The molecule has 1 unspecified atom stereocenters. The van der Waals surface area contributed by atoms with Gasteiger partial charge < -0.3 is 11.1 Å². The Hall–Kier alpha value is -1.06. The van der Waals surface area contributed by atoms with Gasteiger partial charge in [0.2, 0.25) is 5.91 Å². The molecule has 0 aliphatic carbocycles. The van der Waals surface area contributed by atoms with Gasteiger partial charge in [-0.3, -0.25) is 10.2 Å². The van der Waals surface area contributed by atoms with Gasteiger partial charge in [0.05, 0.1) is 5.84 Å². The molecule has 0 aromatic heterocycles. The van der Waals surface area contributed by atoms with E-state index in [0.29, 0.717) is 18.9 Å². The van der Waals surface area contributed by atoms with Crippen molar-refractivity contribution in [3.63, 3.8) is 0 Å². The fourth-order valence-electron chi connectivity index (χ4n) is 0.822. The molecule has 0 aliphatic heterocycles. The van der Waals surface area contributed by atoms with Crippen molar-refractivity contribution in [3.8, 4) is 0 Å². The summed E-state index contributed by atoms with van der Waals surface area (Å²) >= 11 is 0. The maximum Gasteiger partial charge on any atom is 0.216 e. The van der Waals surface area contributed by atoms with Gasteiger partial charge in [0.25, 0.3) is 0 Å². The molecule has 0 saturated heterocycles. The van der Waals surface area contributed by atoms with Crippen molar-refractivity contribution in [1.29, 1.82) is 5.41 Å². The summed E-state index contributed by atoms with van der Waals surface area (Å²) in [7, 11) is 0. The lowest BCUT2D eigenvalue weighted by molar-refractivity contribution is -0.119. The van der Waals surface area contributed by atoms with Crippen LogP contribution in [0, 0.1) is 11.3 Å². The molecule has 4 N–H and O–H groups in total. The highest BCUT2D eigenvalue weighted by atomic mass is 16.1. The lowest BCUT2D eigenvalue weighted by Gasteiger charge is -2.10. The van der Waals surface area contributed by atoms with Crippen molar-refractivity contribution in [2.75, 3.05) is 6.54 Å². The summed E-state index contributed by atoms with van der Waals surface area (Å²) in [6, 6.07) is 0.